The Balaban J connectivity index is 1.54. The summed E-state index contributed by atoms with van der Waals surface area (Å²) in [6, 6.07) is 10.1. The highest BCUT2D eigenvalue weighted by atomic mass is 79.9. The fraction of sp³-hybridized carbons (Fsp3) is 0.417. The molecule has 2 amide bonds. The fourth-order valence-corrected chi connectivity index (χ4v) is 3.52. The maximum Gasteiger partial charge on any atom is 0.250 e. The molecule has 180 valence electrons. The van der Waals surface area contributed by atoms with Crippen molar-refractivity contribution in [3.63, 3.8) is 0 Å². The molecule has 0 saturated carbocycles. The largest absolute Gasteiger partial charge is 0.382 e. The van der Waals surface area contributed by atoms with E-state index in [9.17, 15) is 23.5 Å². The third-order valence-corrected chi connectivity index (χ3v) is 5.67. The summed E-state index contributed by atoms with van der Waals surface area (Å²) in [7, 11) is 0. The highest BCUT2D eigenvalue weighted by Crippen LogP contribution is 2.13. The SMILES string of the molecule is N[C@H](Cc1ccc(Br)cc1)[C@H](O)C(=O)NCCCCNC(=O)CCCc1cc(F)ccc1F. The molecule has 0 unspecified atom stereocenters. The Morgan fingerprint density at radius 3 is 2.36 bits per heavy atom. The van der Waals surface area contributed by atoms with Crippen molar-refractivity contribution in [3.8, 4) is 0 Å². The van der Waals surface area contributed by atoms with Crippen molar-refractivity contribution in [3.05, 3.63) is 69.7 Å². The number of rotatable bonds is 13. The summed E-state index contributed by atoms with van der Waals surface area (Å²) in [6.45, 7) is 0.796. The van der Waals surface area contributed by atoms with Crippen LogP contribution in [0, 0.1) is 11.6 Å². The topological polar surface area (TPSA) is 104 Å². The van der Waals surface area contributed by atoms with E-state index in [4.69, 9.17) is 5.73 Å². The molecule has 0 aromatic heterocycles. The molecule has 9 heteroatoms. The van der Waals surface area contributed by atoms with Crippen molar-refractivity contribution in [1.82, 2.24) is 10.6 Å². The van der Waals surface area contributed by atoms with Crippen molar-refractivity contribution in [2.45, 2.75) is 50.7 Å². The van der Waals surface area contributed by atoms with Crippen molar-refractivity contribution < 1.29 is 23.5 Å². The number of amides is 2. The number of hydrogen-bond acceptors (Lipinski definition) is 4. The number of benzene rings is 2. The van der Waals surface area contributed by atoms with Gasteiger partial charge in [-0.25, -0.2) is 8.78 Å². The molecule has 0 aliphatic carbocycles. The molecule has 6 nitrogen and oxygen atoms in total. The standard InChI is InChI=1S/C24H30BrF2N3O3/c25-18-8-6-16(7-9-18)14-21(28)23(32)24(33)30-13-2-1-12-29-22(31)5-3-4-17-15-19(26)10-11-20(17)27/h6-11,15,21,23,32H,1-5,12-14,28H2,(H,29,31)(H,30,33)/t21-,23+/m1/s1. The van der Waals surface area contributed by atoms with Crippen molar-refractivity contribution in [1.29, 1.82) is 0 Å². The van der Waals surface area contributed by atoms with Crippen LogP contribution in [0.1, 0.15) is 36.8 Å². The third-order valence-electron chi connectivity index (χ3n) is 5.14. The number of halogens is 3. The molecule has 0 radical (unpaired) electrons. The van der Waals surface area contributed by atoms with Gasteiger partial charge >= 0.3 is 0 Å². The zero-order valence-corrected chi connectivity index (χ0v) is 19.9. The van der Waals surface area contributed by atoms with Crippen LogP contribution in [0.15, 0.2) is 46.9 Å². The van der Waals surface area contributed by atoms with Crippen LogP contribution in [0.2, 0.25) is 0 Å². The zero-order valence-electron chi connectivity index (χ0n) is 18.3. The van der Waals surface area contributed by atoms with E-state index in [1.807, 2.05) is 24.3 Å². The van der Waals surface area contributed by atoms with E-state index in [1.54, 1.807) is 0 Å². The third kappa shape index (κ3) is 9.98. The molecule has 0 fully saturated rings. The Morgan fingerprint density at radius 1 is 1.00 bits per heavy atom. The number of aliphatic hydroxyl groups excluding tert-OH is 1. The number of aryl methyl sites for hydroxylation is 1. The van der Waals surface area contributed by atoms with Gasteiger partial charge in [0.2, 0.25) is 11.8 Å². The Bertz CT molecular complexity index is 912. The first kappa shape index (κ1) is 26.9. The van der Waals surface area contributed by atoms with Gasteiger partial charge in [-0.05, 0) is 73.6 Å². The summed E-state index contributed by atoms with van der Waals surface area (Å²) < 4.78 is 27.6. The summed E-state index contributed by atoms with van der Waals surface area (Å²) in [6.07, 6.45) is 1.25. The smallest absolute Gasteiger partial charge is 0.250 e. The lowest BCUT2D eigenvalue weighted by Gasteiger charge is -2.18. The van der Waals surface area contributed by atoms with Crippen molar-refractivity contribution in [2.24, 2.45) is 5.73 Å². The maximum atomic E-state index is 13.6. The number of carbonyl (C=O) groups is 2. The van der Waals surface area contributed by atoms with Gasteiger partial charge in [-0.3, -0.25) is 9.59 Å². The van der Waals surface area contributed by atoms with Crippen molar-refractivity contribution >= 4 is 27.7 Å². The average molecular weight is 526 g/mol. The molecule has 2 aromatic carbocycles. The van der Waals surface area contributed by atoms with E-state index in [0.29, 0.717) is 38.8 Å². The van der Waals surface area contributed by atoms with Gasteiger partial charge in [0.25, 0.3) is 0 Å². The molecule has 2 aromatic rings. The van der Waals surface area contributed by atoms with E-state index in [0.717, 1.165) is 28.2 Å². The lowest BCUT2D eigenvalue weighted by molar-refractivity contribution is -0.130. The van der Waals surface area contributed by atoms with Crippen LogP contribution < -0.4 is 16.4 Å². The normalized spacial score (nSPS) is 12.8. The molecular formula is C24H30BrF2N3O3. The van der Waals surface area contributed by atoms with E-state index >= 15 is 0 Å². The lowest BCUT2D eigenvalue weighted by atomic mass is 10.0. The number of hydrogen-bond donors (Lipinski definition) is 4. The van der Waals surface area contributed by atoms with Crippen LogP contribution in [0.3, 0.4) is 0 Å². The number of carbonyl (C=O) groups excluding carboxylic acids is 2. The second kappa shape index (κ2) is 14.0. The zero-order chi connectivity index (χ0) is 24.2. The average Bonchev–Trinajstić information content (AvgIpc) is 2.79. The molecule has 0 saturated heterocycles. The van der Waals surface area contributed by atoms with Gasteiger partial charge in [0.15, 0.2) is 0 Å². The molecule has 0 heterocycles. The Hall–Kier alpha value is -2.36. The van der Waals surface area contributed by atoms with Crippen LogP contribution in [-0.4, -0.2) is 42.2 Å². The van der Waals surface area contributed by atoms with Gasteiger partial charge in [-0.2, -0.15) is 0 Å². The Labute approximate surface area is 201 Å². The first-order valence-electron chi connectivity index (χ1n) is 10.9. The highest BCUT2D eigenvalue weighted by molar-refractivity contribution is 9.10. The first-order chi connectivity index (χ1) is 15.8. The Morgan fingerprint density at radius 2 is 1.67 bits per heavy atom. The number of aliphatic hydroxyl groups is 1. The van der Waals surface area contributed by atoms with Gasteiger partial charge in [-0.1, -0.05) is 28.1 Å². The van der Waals surface area contributed by atoms with E-state index in [1.165, 1.54) is 0 Å². The minimum absolute atomic E-state index is 0.162. The molecule has 0 bridgehead atoms. The lowest BCUT2D eigenvalue weighted by Crippen LogP contribution is -2.47. The predicted octanol–water partition coefficient (Wildman–Crippen LogP) is 2.99. The molecule has 2 atom stereocenters. The van der Waals surface area contributed by atoms with Crippen LogP contribution in [0.4, 0.5) is 8.78 Å². The molecule has 2 rings (SSSR count). The molecule has 5 N–H and O–H groups in total. The minimum Gasteiger partial charge on any atom is -0.382 e. The number of unbranched alkanes of at least 4 members (excludes halogenated alkanes) is 1. The molecule has 0 aliphatic rings. The van der Waals surface area contributed by atoms with Crippen molar-refractivity contribution in [2.75, 3.05) is 13.1 Å². The molecule has 0 aliphatic heterocycles. The number of nitrogens with two attached hydrogens (primary N) is 1. The second-order valence-electron chi connectivity index (χ2n) is 7.88. The fourth-order valence-electron chi connectivity index (χ4n) is 3.26. The monoisotopic (exact) mass is 525 g/mol. The van der Waals surface area contributed by atoms with E-state index in [-0.39, 0.29) is 24.3 Å². The minimum atomic E-state index is -1.31. The quantitative estimate of drug-likeness (QED) is 0.302. The van der Waals surface area contributed by atoms with Crippen LogP contribution in [0.5, 0.6) is 0 Å². The molecule has 0 spiro atoms. The van der Waals surface area contributed by atoms with Crippen LogP contribution >= 0.6 is 15.9 Å². The summed E-state index contributed by atoms with van der Waals surface area (Å²) in [4.78, 5) is 23.9. The van der Waals surface area contributed by atoms with E-state index < -0.39 is 29.7 Å². The second-order valence-corrected chi connectivity index (χ2v) is 8.79. The summed E-state index contributed by atoms with van der Waals surface area (Å²) in [5.74, 6) is -1.65. The Kier molecular flexibility index (Phi) is 11.4. The molecular weight excluding hydrogens is 496 g/mol. The van der Waals surface area contributed by atoms with Gasteiger partial charge in [-0.15, -0.1) is 0 Å². The van der Waals surface area contributed by atoms with E-state index in [2.05, 4.69) is 26.6 Å². The summed E-state index contributed by atoms with van der Waals surface area (Å²) in [5.41, 5.74) is 7.14. The van der Waals surface area contributed by atoms with Crippen LogP contribution in [0.25, 0.3) is 0 Å². The first-order valence-corrected chi connectivity index (χ1v) is 11.7. The highest BCUT2D eigenvalue weighted by Gasteiger charge is 2.22. The number of nitrogens with one attached hydrogen (secondary N) is 2. The summed E-state index contributed by atoms with van der Waals surface area (Å²) in [5, 5.41) is 15.5. The van der Waals surface area contributed by atoms with Gasteiger partial charge in [0.05, 0.1) is 0 Å². The predicted molar refractivity (Wildman–Crippen MR) is 126 cm³/mol. The van der Waals surface area contributed by atoms with Gasteiger partial charge in [0.1, 0.15) is 17.7 Å². The molecule has 33 heavy (non-hydrogen) atoms. The van der Waals surface area contributed by atoms with Crippen LogP contribution in [-0.2, 0) is 22.4 Å². The van der Waals surface area contributed by atoms with Gasteiger partial charge < -0.3 is 21.5 Å². The maximum absolute atomic E-state index is 13.6. The van der Waals surface area contributed by atoms with Gasteiger partial charge in [0, 0.05) is 30.0 Å². The summed E-state index contributed by atoms with van der Waals surface area (Å²) >= 11 is 3.35.